The molecule has 0 bridgehead atoms. The molecule has 0 aliphatic carbocycles. The van der Waals surface area contributed by atoms with Crippen LogP contribution in [0.2, 0.25) is 0 Å². The van der Waals surface area contributed by atoms with E-state index in [1.807, 2.05) is 49.7 Å². The summed E-state index contributed by atoms with van der Waals surface area (Å²) in [4.78, 5) is 34.8. The lowest BCUT2D eigenvalue weighted by Crippen LogP contribution is -2.27. The molecule has 0 saturated heterocycles. The van der Waals surface area contributed by atoms with E-state index >= 15 is 0 Å². The third-order valence-corrected chi connectivity index (χ3v) is 5.79. The zero-order valence-corrected chi connectivity index (χ0v) is 17.5. The average Bonchev–Trinajstić information content (AvgIpc) is 3.17. The lowest BCUT2D eigenvalue weighted by Gasteiger charge is -2.14. The van der Waals surface area contributed by atoms with Crippen molar-refractivity contribution in [1.29, 1.82) is 0 Å². The monoisotopic (exact) mass is 408 g/mol. The van der Waals surface area contributed by atoms with E-state index in [1.54, 1.807) is 24.5 Å². The fraction of sp³-hybridized carbons (Fsp3) is 0.273. The fourth-order valence-electron chi connectivity index (χ4n) is 3.02. The largest absolute Gasteiger partial charge is 0.354 e. The molecule has 2 amide bonds. The Kier molecular flexibility index (Phi) is 6.72. The van der Waals surface area contributed by atoms with Gasteiger partial charge in [-0.15, -0.1) is 11.3 Å². The highest BCUT2D eigenvalue weighted by Gasteiger charge is 2.18. The molecule has 29 heavy (non-hydrogen) atoms. The fourth-order valence-corrected chi connectivity index (χ4v) is 3.80. The average molecular weight is 409 g/mol. The van der Waals surface area contributed by atoms with Crippen molar-refractivity contribution in [2.24, 2.45) is 0 Å². The van der Waals surface area contributed by atoms with Crippen LogP contribution in [-0.2, 0) is 6.42 Å². The Morgan fingerprint density at radius 1 is 1.14 bits per heavy atom. The second-order valence-electron chi connectivity index (χ2n) is 6.74. The molecular formula is C22H24N4O2S. The number of thiazole rings is 1. The highest BCUT2D eigenvalue weighted by atomic mass is 32.1. The van der Waals surface area contributed by atoms with Gasteiger partial charge < -0.3 is 10.6 Å². The normalized spacial score (nSPS) is 11.7. The second kappa shape index (κ2) is 9.43. The predicted molar refractivity (Wildman–Crippen MR) is 114 cm³/mol. The van der Waals surface area contributed by atoms with Crippen molar-refractivity contribution in [2.45, 2.75) is 26.2 Å². The SMILES string of the molecule is CNC(=O)c1cc(C(=O)NCCc2scnc2C)cc([C@@H](C)c2ccccc2)n1. The second-order valence-corrected chi connectivity index (χ2v) is 7.68. The van der Waals surface area contributed by atoms with Crippen LogP contribution in [-0.4, -0.2) is 35.4 Å². The molecule has 0 saturated carbocycles. The molecule has 0 spiro atoms. The van der Waals surface area contributed by atoms with Crippen molar-refractivity contribution >= 4 is 23.2 Å². The summed E-state index contributed by atoms with van der Waals surface area (Å²) in [6, 6.07) is 13.2. The number of carbonyl (C=O) groups excluding carboxylic acids is 2. The lowest BCUT2D eigenvalue weighted by molar-refractivity contribution is 0.0954. The van der Waals surface area contributed by atoms with Crippen LogP contribution < -0.4 is 10.6 Å². The van der Waals surface area contributed by atoms with Gasteiger partial charge in [-0.05, 0) is 24.6 Å². The number of rotatable bonds is 7. The smallest absolute Gasteiger partial charge is 0.269 e. The summed E-state index contributed by atoms with van der Waals surface area (Å²) in [5.41, 5.74) is 5.21. The Bertz CT molecular complexity index is 1000. The van der Waals surface area contributed by atoms with Gasteiger partial charge in [0, 0.05) is 42.1 Å². The summed E-state index contributed by atoms with van der Waals surface area (Å²) in [7, 11) is 1.55. The molecule has 0 radical (unpaired) electrons. The third kappa shape index (κ3) is 5.06. The molecule has 0 unspecified atom stereocenters. The van der Waals surface area contributed by atoms with Crippen molar-refractivity contribution in [1.82, 2.24) is 20.6 Å². The highest BCUT2D eigenvalue weighted by molar-refractivity contribution is 7.09. The van der Waals surface area contributed by atoms with E-state index in [4.69, 9.17) is 0 Å². The molecule has 1 aromatic carbocycles. The van der Waals surface area contributed by atoms with Gasteiger partial charge in [0.2, 0.25) is 0 Å². The number of amides is 2. The molecule has 6 nitrogen and oxygen atoms in total. The molecule has 0 aliphatic heterocycles. The van der Waals surface area contributed by atoms with Crippen molar-refractivity contribution in [3.63, 3.8) is 0 Å². The number of pyridine rings is 1. The number of carbonyl (C=O) groups is 2. The van der Waals surface area contributed by atoms with Crippen LogP contribution in [0.15, 0.2) is 48.0 Å². The van der Waals surface area contributed by atoms with E-state index in [9.17, 15) is 9.59 Å². The molecule has 7 heteroatoms. The Balaban J connectivity index is 1.82. The summed E-state index contributed by atoms with van der Waals surface area (Å²) in [5, 5.41) is 5.52. The zero-order valence-electron chi connectivity index (χ0n) is 16.7. The Hall–Kier alpha value is -3.06. The van der Waals surface area contributed by atoms with Gasteiger partial charge >= 0.3 is 0 Å². The van der Waals surface area contributed by atoms with E-state index in [0.29, 0.717) is 17.8 Å². The first-order valence-corrected chi connectivity index (χ1v) is 10.3. The number of nitrogens with one attached hydrogen (secondary N) is 2. The van der Waals surface area contributed by atoms with E-state index < -0.39 is 0 Å². The number of aryl methyl sites for hydroxylation is 1. The Morgan fingerprint density at radius 3 is 2.55 bits per heavy atom. The topological polar surface area (TPSA) is 84.0 Å². The number of aromatic nitrogens is 2. The van der Waals surface area contributed by atoms with Gasteiger partial charge in [0.15, 0.2) is 0 Å². The van der Waals surface area contributed by atoms with E-state index in [-0.39, 0.29) is 23.4 Å². The maximum atomic E-state index is 12.7. The standard InChI is InChI=1S/C22H24N4O2S/c1-14(16-7-5-4-6-8-16)18-11-17(12-19(26-18)22(28)23-3)21(27)24-10-9-20-15(2)25-13-29-20/h4-8,11-14H,9-10H2,1-3H3,(H,23,28)(H,24,27)/t14-/m0/s1. The molecule has 3 rings (SSSR count). The van der Waals surface area contributed by atoms with Gasteiger partial charge in [-0.25, -0.2) is 9.97 Å². The quantitative estimate of drug-likeness (QED) is 0.628. The van der Waals surface area contributed by atoms with Gasteiger partial charge in [0.1, 0.15) is 5.69 Å². The number of hydrogen-bond acceptors (Lipinski definition) is 5. The first-order chi connectivity index (χ1) is 14.0. The number of benzene rings is 1. The van der Waals surface area contributed by atoms with Crippen molar-refractivity contribution in [3.05, 3.63) is 81.1 Å². The van der Waals surface area contributed by atoms with Gasteiger partial charge in [-0.3, -0.25) is 9.59 Å². The molecule has 3 aromatic rings. The summed E-state index contributed by atoms with van der Waals surface area (Å²) in [6.45, 7) is 4.48. The maximum Gasteiger partial charge on any atom is 0.269 e. The van der Waals surface area contributed by atoms with Gasteiger partial charge in [0.05, 0.1) is 11.2 Å². The summed E-state index contributed by atoms with van der Waals surface area (Å²) in [5.74, 6) is -0.588. The lowest BCUT2D eigenvalue weighted by atomic mass is 9.96. The van der Waals surface area contributed by atoms with Crippen molar-refractivity contribution < 1.29 is 9.59 Å². The van der Waals surface area contributed by atoms with Crippen LogP contribution in [0.5, 0.6) is 0 Å². The van der Waals surface area contributed by atoms with Crippen LogP contribution in [0.4, 0.5) is 0 Å². The van der Waals surface area contributed by atoms with Crippen LogP contribution >= 0.6 is 11.3 Å². The molecule has 2 aromatic heterocycles. The van der Waals surface area contributed by atoms with E-state index in [2.05, 4.69) is 20.6 Å². The minimum Gasteiger partial charge on any atom is -0.354 e. The first kappa shape index (κ1) is 20.7. The Labute approximate surface area is 174 Å². The highest BCUT2D eigenvalue weighted by Crippen LogP contribution is 2.23. The summed E-state index contributed by atoms with van der Waals surface area (Å²) >= 11 is 1.59. The van der Waals surface area contributed by atoms with Crippen LogP contribution in [0.1, 0.15) is 55.5 Å². The van der Waals surface area contributed by atoms with Crippen molar-refractivity contribution in [2.75, 3.05) is 13.6 Å². The third-order valence-electron chi connectivity index (χ3n) is 4.79. The maximum absolute atomic E-state index is 12.7. The summed E-state index contributed by atoms with van der Waals surface area (Å²) < 4.78 is 0. The van der Waals surface area contributed by atoms with Gasteiger partial charge in [0.25, 0.3) is 11.8 Å². The zero-order chi connectivity index (χ0) is 20.8. The molecule has 2 N–H and O–H groups in total. The predicted octanol–water partition coefficient (Wildman–Crippen LogP) is 3.33. The minimum atomic E-state index is -0.318. The Morgan fingerprint density at radius 2 is 1.90 bits per heavy atom. The molecular weight excluding hydrogens is 384 g/mol. The number of nitrogens with zero attached hydrogens (tertiary/aromatic N) is 2. The summed E-state index contributed by atoms with van der Waals surface area (Å²) in [6.07, 6.45) is 0.725. The van der Waals surface area contributed by atoms with Gasteiger partial charge in [-0.2, -0.15) is 0 Å². The molecule has 2 heterocycles. The first-order valence-electron chi connectivity index (χ1n) is 9.45. The minimum absolute atomic E-state index is 0.0489. The molecule has 1 atom stereocenters. The van der Waals surface area contributed by atoms with Gasteiger partial charge in [-0.1, -0.05) is 37.3 Å². The molecule has 150 valence electrons. The molecule has 0 aliphatic rings. The van der Waals surface area contributed by atoms with Crippen LogP contribution in [0, 0.1) is 6.92 Å². The van der Waals surface area contributed by atoms with Crippen molar-refractivity contribution in [3.8, 4) is 0 Å². The van der Waals surface area contributed by atoms with E-state index in [0.717, 1.165) is 22.6 Å². The number of hydrogen-bond donors (Lipinski definition) is 2. The van der Waals surface area contributed by atoms with Crippen LogP contribution in [0.25, 0.3) is 0 Å². The van der Waals surface area contributed by atoms with E-state index in [1.165, 1.54) is 6.07 Å². The van der Waals surface area contributed by atoms with Crippen LogP contribution in [0.3, 0.4) is 0 Å². The molecule has 0 fully saturated rings.